The molecule has 0 radical (unpaired) electrons. The van der Waals surface area contributed by atoms with Gasteiger partial charge in [0.2, 0.25) is 5.91 Å². The molecule has 2 rings (SSSR count). The van der Waals surface area contributed by atoms with Crippen molar-refractivity contribution in [1.29, 1.82) is 0 Å². The van der Waals surface area contributed by atoms with Gasteiger partial charge in [-0.2, -0.15) is 0 Å². The monoisotopic (exact) mass is 290 g/mol. The number of hydrogen-bond acceptors (Lipinski definition) is 4. The number of nitrogens with two attached hydrogens (primary N) is 1. The first kappa shape index (κ1) is 15.8. The molecule has 1 fully saturated rings. The van der Waals surface area contributed by atoms with E-state index in [2.05, 4.69) is 36.0 Å². The number of carbonyl (C=O) groups is 1. The fourth-order valence-electron chi connectivity index (χ4n) is 2.82. The number of hydrogen-bond donors (Lipinski definition) is 2. The van der Waals surface area contributed by atoms with Crippen LogP contribution in [0.5, 0.6) is 0 Å². The molecule has 116 valence electrons. The molecule has 1 saturated heterocycles. The van der Waals surface area contributed by atoms with Crippen molar-refractivity contribution in [3.8, 4) is 0 Å². The van der Waals surface area contributed by atoms with Crippen molar-refractivity contribution >= 4 is 17.3 Å². The van der Waals surface area contributed by atoms with Gasteiger partial charge in [0.25, 0.3) is 0 Å². The lowest BCUT2D eigenvalue weighted by Gasteiger charge is -2.38. The lowest BCUT2D eigenvalue weighted by molar-refractivity contribution is -0.123. The average Bonchev–Trinajstić information content (AvgIpc) is 2.41. The minimum Gasteiger partial charge on any atom is -0.399 e. The fourth-order valence-corrected chi connectivity index (χ4v) is 2.82. The zero-order valence-corrected chi connectivity index (χ0v) is 13.2. The standard InChI is InChI=1S/C16H26N4O/c1-12(2)15(20-9-7-19(3)8-10-20)16(21)18-14-6-4-5-13(17)11-14/h4-6,11-12,15H,7-10,17H2,1-3H3,(H,18,21). The van der Waals surface area contributed by atoms with E-state index in [0.717, 1.165) is 31.9 Å². The molecular weight excluding hydrogens is 264 g/mol. The highest BCUT2D eigenvalue weighted by Crippen LogP contribution is 2.17. The minimum atomic E-state index is -0.0971. The number of rotatable bonds is 4. The summed E-state index contributed by atoms with van der Waals surface area (Å²) in [5.41, 5.74) is 7.19. The average molecular weight is 290 g/mol. The van der Waals surface area contributed by atoms with Crippen LogP contribution in [-0.2, 0) is 4.79 Å². The first-order valence-corrected chi connectivity index (χ1v) is 7.56. The summed E-state index contributed by atoms with van der Waals surface area (Å²) in [6.45, 7) is 8.08. The molecule has 5 nitrogen and oxygen atoms in total. The number of nitrogen functional groups attached to an aromatic ring is 1. The van der Waals surface area contributed by atoms with Crippen LogP contribution in [0.15, 0.2) is 24.3 Å². The van der Waals surface area contributed by atoms with Gasteiger partial charge in [-0.1, -0.05) is 19.9 Å². The highest BCUT2D eigenvalue weighted by Gasteiger charge is 2.30. The summed E-state index contributed by atoms with van der Waals surface area (Å²) < 4.78 is 0. The summed E-state index contributed by atoms with van der Waals surface area (Å²) >= 11 is 0. The quantitative estimate of drug-likeness (QED) is 0.825. The van der Waals surface area contributed by atoms with Gasteiger partial charge in [-0.25, -0.2) is 0 Å². The molecule has 1 heterocycles. The summed E-state index contributed by atoms with van der Waals surface area (Å²) in [6, 6.07) is 7.23. The van der Waals surface area contributed by atoms with Crippen LogP contribution in [0.25, 0.3) is 0 Å². The van der Waals surface area contributed by atoms with E-state index >= 15 is 0 Å². The molecule has 1 unspecified atom stereocenters. The highest BCUT2D eigenvalue weighted by molar-refractivity contribution is 5.95. The number of piperazine rings is 1. The molecular formula is C16H26N4O. The summed E-state index contributed by atoms with van der Waals surface area (Å²) in [5, 5.41) is 3.00. The SMILES string of the molecule is CC(C)C(C(=O)Nc1cccc(N)c1)N1CCN(C)CC1. The van der Waals surface area contributed by atoms with Crippen LogP contribution in [0.4, 0.5) is 11.4 Å². The van der Waals surface area contributed by atoms with Gasteiger partial charge in [0.1, 0.15) is 0 Å². The molecule has 0 saturated carbocycles. The molecule has 1 aliphatic heterocycles. The Labute approximate surface area is 127 Å². The maximum atomic E-state index is 12.6. The number of carbonyl (C=O) groups excluding carboxylic acids is 1. The smallest absolute Gasteiger partial charge is 0.241 e. The van der Waals surface area contributed by atoms with E-state index in [1.807, 2.05) is 18.2 Å². The molecule has 1 amide bonds. The van der Waals surface area contributed by atoms with Gasteiger partial charge in [-0.3, -0.25) is 9.69 Å². The minimum absolute atomic E-state index is 0.0557. The van der Waals surface area contributed by atoms with Crippen LogP contribution in [0, 0.1) is 5.92 Å². The van der Waals surface area contributed by atoms with E-state index in [9.17, 15) is 4.79 Å². The molecule has 1 aliphatic rings. The van der Waals surface area contributed by atoms with Crippen LogP contribution >= 0.6 is 0 Å². The zero-order valence-electron chi connectivity index (χ0n) is 13.2. The molecule has 1 aromatic carbocycles. The molecule has 0 bridgehead atoms. The molecule has 3 N–H and O–H groups in total. The van der Waals surface area contributed by atoms with E-state index < -0.39 is 0 Å². The highest BCUT2D eigenvalue weighted by atomic mass is 16.2. The fraction of sp³-hybridized carbons (Fsp3) is 0.562. The van der Waals surface area contributed by atoms with E-state index in [1.165, 1.54) is 0 Å². The van der Waals surface area contributed by atoms with Gasteiger partial charge in [-0.05, 0) is 31.2 Å². The van der Waals surface area contributed by atoms with Gasteiger partial charge in [0.15, 0.2) is 0 Å². The molecule has 1 aromatic rings. The Bertz CT molecular complexity index is 481. The molecule has 1 atom stereocenters. The van der Waals surface area contributed by atoms with Crippen molar-refractivity contribution in [2.75, 3.05) is 44.3 Å². The predicted molar refractivity (Wildman–Crippen MR) is 87.2 cm³/mol. The second-order valence-electron chi connectivity index (χ2n) is 6.14. The van der Waals surface area contributed by atoms with Crippen molar-refractivity contribution in [3.05, 3.63) is 24.3 Å². The second kappa shape index (κ2) is 6.91. The normalized spacial score (nSPS) is 18.7. The number of nitrogens with zero attached hydrogens (tertiary/aromatic N) is 2. The molecule has 0 spiro atoms. The van der Waals surface area contributed by atoms with Gasteiger partial charge < -0.3 is 16.0 Å². The van der Waals surface area contributed by atoms with E-state index in [1.54, 1.807) is 6.07 Å². The van der Waals surface area contributed by atoms with Crippen LogP contribution in [0.2, 0.25) is 0 Å². The maximum Gasteiger partial charge on any atom is 0.241 e. The van der Waals surface area contributed by atoms with E-state index in [4.69, 9.17) is 5.73 Å². The van der Waals surface area contributed by atoms with Crippen LogP contribution in [0.1, 0.15) is 13.8 Å². The number of benzene rings is 1. The Morgan fingerprint density at radius 1 is 1.24 bits per heavy atom. The maximum absolute atomic E-state index is 12.6. The lowest BCUT2D eigenvalue weighted by atomic mass is 10.0. The van der Waals surface area contributed by atoms with Gasteiger partial charge >= 0.3 is 0 Å². The first-order chi connectivity index (χ1) is 9.97. The Morgan fingerprint density at radius 2 is 1.90 bits per heavy atom. The third-order valence-corrected chi connectivity index (χ3v) is 3.99. The van der Waals surface area contributed by atoms with Crippen LogP contribution in [0.3, 0.4) is 0 Å². The zero-order chi connectivity index (χ0) is 15.4. The third-order valence-electron chi connectivity index (χ3n) is 3.99. The van der Waals surface area contributed by atoms with Gasteiger partial charge in [0, 0.05) is 37.6 Å². The largest absolute Gasteiger partial charge is 0.399 e. The second-order valence-corrected chi connectivity index (χ2v) is 6.14. The van der Waals surface area contributed by atoms with Crippen molar-refractivity contribution in [3.63, 3.8) is 0 Å². The van der Waals surface area contributed by atoms with Gasteiger partial charge in [-0.15, -0.1) is 0 Å². The van der Waals surface area contributed by atoms with Crippen molar-refractivity contribution in [2.45, 2.75) is 19.9 Å². The van der Waals surface area contributed by atoms with Gasteiger partial charge in [0.05, 0.1) is 6.04 Å². The summed E-state index contributed by atoms with van der Waals surface area (Å²) in [7, 11) is 2.12. The lowest BCUT2D eigenvalue weighted by Crippen LogP contribution is -2.54. The van der Waals surface area contributed by atoms with E-state index in [-0.39, 0.29) is 17.9 Å². The first-order valence-electron chi connectivity index (χ1n) is 7.56. The molecule has 5 heteroatoms. The van der Waals surface area contributed by atoms with E-state index in [0.29, 0.717) is 5.69 Å². The molecule has 0 aliphatic carbocycles. The molecule has 0 aromatic heterocycles. The predicted octanol–water partition coefficient (Wildman–Crippen LogP) is 1.48. The summed E-state index contributed by atoms with van der Waals surface area (Å²) in [6.07, 6.45) is 0. The Morgan fingerprint density at radius 3 is 2.48 bits per heavy atom. The number of anilines is 2. The van der Waals surface area contributed by atoms with Crippen LogP contribution < -0.4 is 11.1 Å². The van der Waals surface area contributed by atoms with Crippen molar-refractivity contribution in [1.82, 2.24) is 9.80 Å². The summed E-state index contributed by atoms with van der Waals surface area (Å²) in [5.74, 6) is 0.328. The Hall–Kier alpha value is -1.59. The number of amides is 1. The van der Waals surface area contributed by atoms with Crippen molar-refractivity contribution in [2.24, 2.45) is 5.92 Å². The number of likely N-dealkylation sites (N-methyl/N-ethyl adjacent to an activating group) is 1. The Balaban J connectivity index is 2.05. The topological polar surface area (TPSA) is 61.6 Å². The Kier molecular flexibility index (Phi) is 5.20. The van der Waals surface area contributed by atoms with Crippen LogP contribution in [-0.4, -0.2) is 55.0 Å². The summed E-state index contributed by atoms with van der Waals surface area (Å²) in [4.78, 5) is 17.2. The molecule has 21 heavy (non-hydrogen) atoms. The number of nitrogens with one attached hydrogen (secondary N) is 1. The van der Waals surface area contributed by atoms with Crippen molar-refractivity contribution < 1.29 is 4.79 Å². The third kappa shape index (κ3) is 4.19.